The normalized spacial score (nSPS) is 11.5. The minimum atomic E-state index is 0.526. The lowest BCUT2D eigenvalue weighted by atomic mass is 10.1. The van der Waals surface area contributed by atoms with E-state index in [9.17, 15) is 0 Å². The highest BCUT2D eigenvalue weighted by Gasteiger charge is 2.16. The van der Waals surface area contributed by atoms with Gasteiger partial charge in [-0.05, 0) is 26.0 Å². The molecule has 0 aliphatic heterocycles. The number of rotatable bonds is 4. The van der Waals surface area contributed by atoms with Crippen molar-refractivity contribution in [3.8, 4) is 17.0 Å². The van der Waals surface area contributed by atoms with Gasteiger partial charge >= 0.3 is 0 Å². The third-order valence-electron chi connectivity index (χ3n) is 4.68. The van der Waals surface area contributed by atoms with Crippen LogP contribution in [0.5, 0.6) is 5.88 Å². The molecule has 140 valence electrons. The molecule has 0 amide bonds. The summed E-state index contributed by atoms with van der Waals surface area (Å²) < 4.78 is 9.33. The van der Waals surface area contributed by atoms with E-state index in [4.69, 9.17) is 4.74 Å². The van der Waals surface area contributed by atoms with Gasteiger partial charge in [-0.15, -0.1) is 11.3 Å². The second-order valence-electron chi connectivity index (χ2n) is 6.47. The number of thiazole rings is 1. The summed E-state index contributed by atoms with van der Waals surface area (Å²) in [5.74, 6) is 1.44. The van der Waals surface area contributed by atoms with Crippen LogP contribution in [0.4, 0.5) is 0 Å². The quantitative estimate of drug-likeness (QED) is 0.468. The van der Waals surface area contributed by atoms with Gasteiger partial charge in [-0.1, -0.05) is 0 Å². The van der Waals surface area contributed by atoms with E-state index in [2.05, 4.69) is 42.6 Å². The van der Waals surface area contributed by atoms with Gasteiger partial charge in [0, 0.05) is 34.6 Å². The first-order valence-electron chi connectivity index (χ1n) is 8.75. The lowest BCUT2D eigenvalue weighted by Crippen LogP contribution is -2.01. The number of aromatic nitrogens is 7. The molecular formula is C19H17N7OS. The van der Waals surface area contributed by atoms with Crippen LogP contribution in [0.2, 0.25) is 0 Å². The Bertz CT molecular complexity index is 1320. The lowest BCUT2D eigenvalue weighted by molar-refractivity contribution is 0.399. The summed E-state index contributed by atoms with van der Waals surface area (Å²) in [6, 6.07) is 4.09. The van der Waals surface area contributed by atoms with Crippen LogP contribution >= 0.6 is 11.3 Å². The lowest BCUT2D eigenvalue weighted by Gasteiger charge is -2.07. The molecule has 0 saturated heterocycles. The second kappa shape index (κ2) is 6.38. The van der Waals surface area contributed by atoms with Gasteiger partial charge in [-0.2, -0.15) is 10.1 Å². The summed E-state index contributed by atoms with van der Waals surface area (Å²) >= 11 is 1.70. The highest BCUT2D eigenvalue weighted by molar-refractivity contribution is 7.11. The number of imidazole rings is 1. The largest absolute Gasteiger partial charge is 0.479 e. The highest BCUT2D eigenvalue weighted by Crippen LogP contribution is 2.31. The zero-order chi connectivity index (χ0) is 19.3. The third kappa shape index (κ3) is 2.63. The molecule has 0 aliphatic carbocycles. The van der Waals surface area contributed by atoms with E-state index in [1.54, 1.807) is 23.0 Å². The summed E-state index contributed by atoms with van der Waals surface area (Å²) in [6.45, 7) is 4.73. The molecule has 0 N–H and O–H groups in total. The van der Waals surface area contributed by atoms with Crippen LogP contribution < -0.4 is 4.74 Å². The SMILES string of the molecule is COc1ncnn2ccc(-c3cnc4nc(C)n(Cc5ncc(C)s5)c4c3)c12. The van der Waals surface area contributed by atoms with Crippen molar-refractivity contribution in [2.45, 2.75) is 20.4 Å². The molecule has 9 heteroatoms. The molecule has 0 aromatic carbocycles. The van der Waals surface area contributed by atoms with Crippen LogP contribution in [0.1, 0.15) is 15.7 Å². The Hall–Kier alpha value is -3.33. The van der Waals surface area contributed by atoms with Crippen LogP contribution in [-0.4, -0.2) is 41.2 Å². The summed E-state index contributed by atoms with van der Waals surface area (Å²) in [7, 11) is 1.61. The maximum atomic E-state index is 5.43. The van der Waals surface area contributed by atoms with Gasteiger partial charge < -0.3 is 9.30 Å². The molecule has 0 saturated carbocycles. The Kier molecular flexibility index (Phi) is 3.83. The van der Waals surface area contributed by atoms with Gasteiger partial charge in [-0.3, -0.25) is 0 Å². The number of hydrogen-bond acceptors (Lipinski definition) is 7. The van der Waals surface area contributed by atoms with Crippen LogP contribution in [0, 0.1) is 13.8 Å². The smallest absolute Gasteiger partial charge is 0.241 e. The number of nitrogens with zero attached hydrogens (tertiary/aromatic N) is 7. The van der Waals surface area contributed by atoms with Gasteiger partial charge in [0.05, 0.1) is 19.2 Å². The van der Waals surface area contributed by atoms with E-state index in [-0.39, 0.29) is 0 Å². The van der Waals surface area contributed by atoms with Crippen molar-refractivity contribution < 1.29 is 4.74 Å². The highest BCUT2D eigenvalue weighted by atomic mass is 32.1. The topological polar surface area (TPSA) is 83.0 Å². The standard InChI is InChI=1S/C19H17N7OS/c1-11-7-20-16(28-11)9-25-12(2)24-18-15(25)6-13(8-21-18)14-4-5-26-17(14)19(27-3)22-10-23-26/h4-8,10H,9H2,1-3H3. The zero-order valence-electron chi connectivity index (χ0n) is 15.6. The van der Waals surface area contributed by atoms with E-state index in [0.29, 0.717) is 12.4 Å². The van der Waals surface area contributed by atoms with Crippen molar-refractivity contribution in [3.63, 3.8) is 0 Å². The fourth-order valence-corrected chi connectivity index (χ4v) is 4.16. The third-order valence-corrected chi connectivity index (χ3v) is 5.58. The summed E-state index contributed by atoms with van der Waals surface area (Å²) in [5, 5.41) is 5.31. The van der Waals surface area contributed by atoms with Crippen LogP contribution in [0.25, 0.3) is 27.8 Å². The van der Waals surface area contributed by atoms with Crippen LogP contribution in [0.15, 0.2) is 37.1 Å². The van der Waals surface area contributed by atoms with Crippen LogP contribution in [-0.2, 0) is 6.54 Å². The van der Waals surface area contributed by atoms with Crippen molar-refractivity contribution in [2.75, 3.05) is 7.11 Å². The first kappa shape index (κ1) is 16.8. The van der Waals surface area contributed by atoms with Gasteiger partial charge in [0.25, 0.3) is 0 Å². The van der Waals surface area contributed by atoms with E-state index in [1.165, 1.54) is 11.2 Å². The Morgan fingerprint density at radius 3 is 2.82 bits per heavy atom. The summed E-state index contributed by atoms with van der Waals surface area (Å²) in [4.78, 5) is 19.1. The van der Waals surface area contributed by atoms with Gasteiger partial charge in [-0.25, -0.2) is 19.5 Å². The fourth-order valence-electron chi connectivity index (χ4n) is 3.38. The molecule has 0 spiro atoms. The number of fused-ring (bicyclic) bond motifs is 2. The zero-order valence-corrected chi connectivity index (χ0v) is 16.4. The number of aryl methyl sites for hydroxylation is 2. The van der Waals surface area contributed by atoms with Gasteiger partial charge in [0.15, 0.2) is 5.65 Å². The molecule has 28 heavy (non-hydrogen) atoms. The molecule has 5 aromatic heterocycles. The summed E-state index contributed by atoms with van der Waals surface area (Å²) in [6.07, 6.45) is 7.09. The van der Waals surface area contributed by atoms with E-state index in [0.717, 1.165) is 38.6 Å². The second-order valence-corrected chi connectivity index (χ2v) is 7.79. The molecule has 5 rings (SSSR count). The Labute approximate surface area is 164 Å². The van der Waals surface area contributed by atoms with Gasteiger partial charge in [0.1, 0.15) is 22.7 Å². The Balaban J connectivity index is 1.67. The first-order valence-corrected chi connectivity index (χ1v) is 9.56. The minimum Gasteiger partial charge on any atom is -0.479 e. The first-order chi connectivity index (χ1) is 13.6. The van der Waals surface area contributed by atoms with Gasteiger partial charge in [0.2, 0.25) is 5.88 Å². The van der Waals surface area contributed by atoms with E-state index >= 15 is 0 Å². The number of pyridine rings is 1. The molecule has 0 unspecified atom stereocenters. The molecule has 0 aliphatic rings. The fraction of sp³-hybridized carbons (Fsp3) is 0.211. The molecule has 0 fully saturated rings. The van der Waals surface area contributed by atoms with Crippen molar-refractivity contribution >= 4 is 28.0 Å². The predicted molar refractivity (Wildman–Crippen MR) is 107 cm³/mol. The summed E-state index contributed by atoms with van der Waals surface area (Å²) in [5.41, 5.74) is 4.42. The maximum Gasteiger partial charge on any atom is 0.241 e. The molecular weight excluding hydrogens is 374 g/mol. The van der Waals surface area contributed by atoms with Crippen molar-refractivity contribution in [3.05, 3.63) is 52.8 Å². The molecule has 0 atom stereocenters. The van der Waals surface area contributed by atoms with Crippen molar-refractivity contribution in [1.29, 1.82) is 0 Å². The molecule has 5 aromatic rings. The van der Waals surface area contributed by atoms with Crippen LogP contribution in [0.3, 0.4) is 0 Å². The monoisotopic (exact) mass is 391 g/mol. The molecule has 8 nitrogen and oxygen atoms in total. The average molecular weight is 391 g/mol. The number of ether oxygens (including phenoxy) is 1. The Morgan fingerprint density at radius 2 is 2.04 bits per heavy atom. The Morgan fingerprint density at radius 1 is 1.14 bits per heavy atom. The predicted octanol–water partition coefficient (Wildman–Crippen LogP) is 3.27. The number of methoxy groups -OCH3 is 1. The van der Waals surface area contributed by atoms with E-state index < -0.39 is 0 Å². The number of hydrogen-bond donors (Lipinski definition) is 0. The molecule has 0 radical (unpaired) electrons. The van der Waals surface area contributed by atoms with E-state index in [1.807, 2.05) is 31.6 Å². The molecule has 0 bridgehead atoms. The van der Waals surface area contributed by atoms with Crippen molar-refractivity contribution in [2.24, 2.45) is 0 Å². The van der Waals surface area contributed by atoms with Crippen molar-refractivity contribution in [1.82, 2.24) is 34.1 Å². The average Bonchev–Trinajstić information content (AvgIpc) is 3.39. The molecule has 5 heterocycles. The minimum absolute atomic E-state index is 0.526. The maximum absolute atomic E-state index is 5.43.